The van der Waals surface area contributed by atoms with Crippen molar-refractivity contribution in [3.8, 4) is 0 Å². The molecule has 0 fully saturated rings. The van der Waals surface area contributed by atoms with E-state index in [0.717, 1.165) is 19.3 Å². The first kappa shape index (κ1) is 18.4. The molecule has 0 bridgehead atoms. The Balaban J connectivity index is 3.40. The molecular formula is C14H24O6. The Kier molecular flexibility index (Phi) is 11.5. The lowest BCUT2D eigenvalue weighted by Gasteiger charge is -2.06. The summed E-state index contributed by atoms with van der Waals surface area (Å²) in [5, 5.41) is 8.43. The van der Waals surface area contributed by atoms with Crippen LogP contribution in [0.5, 0.6) is 0 Å². The highest BCUT2D eigenvalue weighted by Gasteiger charge is 2.06. The zero-order valence-corrected chi connectivity index (χ0v) is 12.1. The molecular weight excluding hydrogens is 264 g/mol. The summed E-state index contributed by atoms with van der Waals surface area (Å²) < 4.78 is 9.51. The summed E-state index contributed by atoms with van der Waals surface area (Å²) in [7, 11) is 0. The van der Waals surface area contributed by atoms with Crippen molar-refractivity contribution in [2.24, 2.45) is 0 Å². The van der Waals surface area contributed by atoms with Crippen molar-refractivity contribution in [3.05, 3.63) is 0 Å². The molecule has 0 radical (unpaired) electrons. The van der Waals surface area contributed by atoms with Crippen LogP contribution >= 0.6 is 0 Å². The van der Waals surface area contributed by atoms with E-state index >= 15 is 0 Å². The number of esters is 2. The molecule has 0 unspecified atom stereocenters. The molecule has 0 saturated carbocycles. The van der Waals surface area contributed by atoms with Gasteiger partial charge in [-0.1, -0.05) is 26.2 Å². The number of unbranched alkanes of at least 4 members (excludes halogenated alkanes) is 4. The van der Waals surface area contributed by atoms with Crippen LogP contribution in [-0.2, 0) is 23.9 Å². The van der Waals surface area contributed by atoms with Crippen LogP contribution in [0, 0.1) is 0 Å². The molecule has 0 rings (SSSR count). The SMILES string of the molecule is CCCCCC(=O)OCOC(=O)CCCCCC(=O)O. The second-order valence-electron chi connectivity index (χ2n) is 4.56. The lowest BCUT2D eigenvalue weighted by Crippen LogP contribution is -2.12. The minimum Gasteiger partial charge on any atom is -0.481 e. The summed E-state index contributed by atoms with van der Waals surface area (Å²) in [6.45, 7) is 1.71. The summed E-state index contributed by atoms with van der Waals surface area (Å²) >= 11 is 0. The van der Waals surface area contributed by atoms with Gasteiger partial charge in [-0.15, -0.1) is 0 Å². The van der Waals surface area contributed by atoms with Crippen molar-refractivity contribution < 1.29 is 29.0 Å². The van der Waals surface area contributed by atoms with E-state index < -0.39 is 11.9 Å². The van der Waals surface area contributed by atoms with Crippen LogP contribution in [0.25, 0.3) is 0 Å². The number of hydrogen-bond acceptors (Lipinski definition) is 5. The molecule has 0 aliphatic rings. The van der Waals surface area contributed by atoms with Gasteiger partial charge in [0.05, 0.1) is 0 Å². The van der Waals surface area contributed by atoms with Gasteiger partial charge in [-0.25, -0.2) is 0 Å². The third-order valence-corrected chi connectivity index (χ3v) is 2.70. The average Bonchev–Trinajstić information content (AvgIpc) is 2.38. The highest BCUT2D eigenvalue weighted by molar-refractivity contribution is 5.71. The maximum Gasteiger partial charge on any atom is 0.308 e. The van der Waals surface area contributed by atoms with Crippen molar-refractivity contribution in [3.63, 3.8) is 0 Å². The molecule has 0 aliphatic carbocycles. The molecule has 0 saturated heterocycles. The van der Waals surface area contributed by atoms with E-state index in [4.69, 9.17) is 14.6 Å². The quantitative estimate of drug-likeness (QED) is 0.337. The number of rotatable bonds is 12. The molecule has 0 aliphatic heterocycles. The molecule has 0 aromatic carbocycles. The Morgan fingerprint density at radius 1 is 0.800 bits per heavy atom. The van der Waals surface area contributed by atoms with E-state index in [1.54, 1.807) is 0 Å². The first-order valence-corrected chi connectivity index (χ1v) is 7.09. The van der Waals surface area contributed by atoms with E-state index in [1.165, 1.54) is 0 Å². The van der Waals surface area contributed by atoms with Crippen LogP contribution in [0.1, 0.15) is 64.7 Å². The molecule has 6 heteroatoms. The van der Waals surface area contributed by atoms with Crippen LogP contribution in [0.4, 0.5) is 0 Å². The molecule has 0 aromatic rings. The minimum absolute atomic E-state index is 0.115. The van der Waals surface area contributed by atoms with Gasteiger partial charge in [-0.2, -0.15) is 0 Å². The largest absolute Gasteiger partial charge is 0.481 e. The predicted molar refractivity (Wildman–Crippen MR) is 71.9 cm³/mol. The zero-order valence-electron chi connectivity index (χ0n) is 12.1. The van der Waals surface area contributed by atoms with Gasteiger partial charge in [-0.05, 0) is 19.3 Å². The Morgan fingerprint density at radius 3 is 1.80 bits per heavy atom. The van der Waals surface area contributed by atoms with Crippen molar-refractivity contribution in [1.29, 1.82) is 0 Å². The van der Waals surface area contributed by atoms with Gasteiger partial charge in [0, 0.05) is 19.3 Å². The second-order valence-corrected chi connectivity index (χ2v) is 4.56. The number of carboxylic acid groups (broad SMARTS) is 1. The van der Waals surface area contributed by atoms with Crippen molar-refractivity contribution in [1.82, 2.24) is 0 Å². The van der Waals surface area contributed by atoms with Gasteiger partial charge >= 0.3 is 17.9 Å². The van der Waals surface area contributed by atoms with Gasteiger partial charge in [0.25, 0.3) is 0 Å². The van der Waals surface area contributed by atoms with Crippen LogP contribution in [0.15, 0.2) is 0 Å². The van der Waals surface area contributed by atoms with Crippen LogP contribution in [0.2, 0.25) is 0 Å². The highest BCUT2D eigenvalue weighted by Crippen LogP contribution is 2.04. The van der Waals surface area contributed by atoms with E-state index in [0.29, 0.717) is 25.7 Å². The minimum atomic E-state index is -0.831. The normalized spacial score (nSPS) is 10.1. The van der Waals surface area contributed by atoms with E-state index in [2.05, 4.69) is 0 Å². The summed E-state index contributed by atoms with van der Waals surface area (Å²) in [5.74, 6) is -1.61. The van der Waals surface area contributed by atoms with Gasteiger partial charge in [0.1, 0.15) is 0 Å². The van der Waals surface area contributed by atoms with Crippen molar-refractivity contribution in [2.45, 2.75) is 64.7 Å². The van der Waals surface area contributed by atoms with Crippen molar-refractivity contribution >= 4 is 17.9 Å². The molecule has 1 N–H and O–H groups in total. The number of carbonyl (C=O) groups excluding carboxylic acids is 2. The first-order chi connectivity index (χ1) is 9.56. The number of hydrogen-bond donors (Lipinski definition) is 1. The molecule has 0 amide bonds. The molecule has 0 aromatic heterocycles. The number of ether oxygens (including phenoxy) is 2. The third kappa shape index (κ3) is 12.9. The number of carbonyl (C=O) groups is 3. The standard InChI is InChI=1S/C14H24O6/c1-2-3-5-9-13(17)19-11-20-14(18)10-7-4-6-8-12(15)16/h2-11H2,1H3,(H,15,16). The highest BCUT2D eigenvalue weighted by atomic mass is 16.7. The summed E-state index contributed by atoms with van der Waals surface area (Å²) in [5.41, 5.74) is 0. The molecule has 6 nitrogen and oxygen atoms in total. The molecule has 20 heavy (non-hydrogen) atoms. The van der Waals surface area contributed by atoms with E-state index in [9.17, 15) is 14.4 Å². The monoisotopic (exact) mass is 288 g/mol. The summed E-state index contributed by atoms with van der Waals surface area (Å²) in [6, 6.07) is 0. The van der Waals surface area contributed by atoms with Crippen LogP contribution in [-0.4, -0.2) is 29.8 Å². The fourth-order valence-corrected chi connectivity index (χ4v) is 1.55. The molecule has 0 heterocycles. The topological polar surface area (TPSA) is 89.9 Å². The average molecular weight is 288 g/mol. The Labute approximate surface area is 119 Å². The number of aliphatic carboxylic acids is 1. The van der Waals surface area contributed by atoms with E-state index in [-0.39, 0.29) is 25.6 Å². The molecule has 0 atom stereocenters. The smallest absolute Gasteiger partial charge is 0.308 e. The van der Waals surface area contributed by atoms with Crippen molar-refractivity contribution in [2.75, 3.05) is 6.79 Å². The maximum atomic E-state index is 11.3. The summed E-state index contributed by atoms with van der Waals surface area (Å²) in [4.78, 5) is 32.7. The lowest BCUT2D eigenvalue weighted by atomic mass is 10.1. The zero-order chi connectivity index (χ0) is 15.2. The fourth-order valence-electron chi connectivity index (χ4n) is 1.55. The Hall–Kier alpha value is -1.59. The van der Waals surface area contributed by atoms with Gasteiger partial charge < -0.3 is 14.6 Å². The Morgan fingerprint density at radius 2 is 1.30 bits per heavy atom. The van der Waals surface area contributed by atoms with E-state index in [1.807, 2.05) is 6.92 Å². The van der Waals surface area contributed by atoms with Gasteiger partial charge in [0.2, 0.25) is 6.79 Å². The lowest BCUT2D eigenvalue weighted by molar-refractivity contribution is -0.167. The van der Waals surface area contributed by atoms with Gasteiger partial charge in [-0.3, -0.25) is 14.4 Å². The van der Waals surface area contributed by atoms with Gasteiger partial charge in [0.15, 0.2) is 0 Å². The first-order valence-electron chi connectivity index (χ1n) is 7.09. The summed E-state index contributed by atoms with van der Waals surface area (Å²) in [6.07, 6.45) is 5.27. The fraction of sp³-hybridized carbons (Fsp3) is 0.786. The van der Waals surface area contributed by atoms with Crippen LogP contribution < -0.4 is 0 Å². The van der Waals surface area contributed by atoms with Crippen LogP contribution in [0.3, 0.4) is 0 Å². The maximum absolute atomic E-state index is 11.3. The second kappa shape index (κ2) is 12.4. The Bertz CT molecular complexity index is 300. The third-order valence-electron chi connectivity index (χ3n) is 2.70. The predicted octanol–water partition coefficient (Wildman–Crippen LogP) is 2.65. The molecule has 0 spiro atoms. The molecule has 116 valence electrons. The number of carboxylic acids is 1.